The number of aryl methyl sites for hydroxylation is 1. The first kappa shape index (κ1) is 39.9. The first-order valence-electron chi connectivity index (χ1n) is 25.1. The Hall–Kier alpha value is -5.48. The minimum absolute atomic E-state index is 0.0153. The number of hydrogen-bond donors (Lipinski definition) is 0. The van der Waals surface area contributed by atoms with Gasteiger partial charge in [-0.15, -0.1) is 0 Å². The van der Waals surface area contributed by atoms with E-state index in [1.165, 1.54) is 57.2 Å². The Morgan fingerprint density at radius 1 is 0.877 bits per heavy atom. The van der Waals surface area contributed by atoms with Crippen LogP contribution in [0.15, 0.2) is 160 Å². The topological polar surface area (TPSA) is 15.7 Å². The van der Waals surface area contributed by atoms with E-state index in [0.29, 0.717) is 24.5 Å². The number of benzene rings is 3. The highest BCUT2D eigenvalue weighted by atomic mass is 16.5. The summed E-state index contributed by atoms with van der Waals surface area (Å²) >= 11 is 0. The van der Waals surface area contributed by atoms with Crippen molar-refractivity contribution in [1.29, 1.82) is 0 Å². The van der Waals surface area contributed by atoms with Gasteiger partial charge in [0.25, 0.3) is 0 Å². The number of para-hydroxylation sites is 2. The molecule has 4 heteroatoms. The second kappa shape index (κ2) is 14.0. The number of nitrogens with zero attached hydrogens (tertiary/aromatic N) is 2. The Morgan fingerprint density at radius 3 is 2.52 bits per heavy atom. The van der Waals surface area contributed by atoms with E-state index in [2.05, 4.69) is 181 Å². The molecule has 3 heterocycles. The molecule has 3 nitrogen and oxygen atoms in total. The van der Waals surface area contributed by atoms with Crippen LogP contribution >= 0.6 is 0 Å². The van der Waals surface area contributed by atoms with Gasteiger partial charge in [0.05, 0.1) is 5.69 Å². The van der Waals surface area contributed by atoms with Crippen LogP contribution < -0.4 is 20.0 Å². The average molecular weight is 851 g/mol. The standard InChI is InChI=1S/C61H63BN2O/c1-35-30-44-56-55-43(54-42-21-11-13-23-45(42)61(7,8)57(54)56)32-38(60(4,5)6)33-47(55)62-46-29-28-39(63(48-24-14-9-18-36(48)2)49-25-15-10-19-37(49)3)34-51(46)64(52(31-35)58(44)62)50-26-17-22-41-40-20-12-16-27-53(40)65-59(41)50/h9-10,12,14-18,20-26,28,32-35,37,46,52-53,56H,11,13,19,27,29-31H2,1-8H3. The molecule has 7 aliphatic carbocycles. The van der Waals surface area contributed by atoms with Crippen LogP contribution in [0, 0.1) is 24.2 Å². The Morgan fingerprint density at radius 2 is 1.69 bits per heavy atom. The highest BCUT2D eigenvalue weighted by Crippen LogP contribution is 2.68. The van der Waals surface area contributed by atoms with E-state index in [1.54, 1.807) is 49.9 Å². The maximum absolute atomic E-state index is 7.18. The van der Waals surface area contributed by atoms with E-state index in [9.17, 15) is 0 Å². The molecule has 0 amide bonds. The van der Waals surface area contributed by atoms with Crippen molar-refractivity contribution < 1.29 is 4.74 Å². The fourth-order valence-corrected chi connectivity index (χ4v) is 14.5. The molecule has 13 rings (SSSR count). The third-order valence-electron chi connectivity index (χ3n) is 17.4. The zero-order chi connectivity index (χ0) is 44.3. The smallest absolute Gasteiger partial charge is 0.216 e. The molecule has 3 aromatic carbocycles. The van der Waals surface area contributed by atoms with Gasteiger partial charge in [-0.3, -0.25) is 0 Å². The van der Waals surface area contributed by atoms with Crippen molar-refractivity contribution in [3.63, 3.8) is 0 Å². The Kier molecular flexibility index (Phi) is 8.60. The number of rotatable bonds is 4. The van der Waals surface area contributed by atoms with Crippen molar-refractivity contribution in [3.05, 3.63) is 188 Å². The van der Waals surface area contributed by atoms with Crippen LogP contribution in [0.5, 0.6) is 5.75 Å². The second-order valence-corrected chi connectivity index (χ2v) is 22.7. The van der Waals surface area contributed by atoms with Gasteiger partial charge in [-0.25, -0.2) is 0 Å². The monoisotopic (exact) mass is 851 g/mol. The van der Waals surface area contributed by atoms with Gasteiger partial charge in [-0.2, -0.15) is 0 Å². The minimum atomic E-state index is -0.0196. The molecular formula is C61H63BN2O. The van der Waals surface area contributed by atoms with E-state index >= 15 is 0 Å². The molecule has 0 N–H and O–H groups in total. The van der Waals surface area contributed by atoms with Crippen molar-refractivity contribution in [2.24, 2.45) is 17.3 Å². The fourth-order valence-electron chi connectivity index (χ4n) is 14.5. The maximum atomic E-state index is 7.18. The molecule has 0 bridgehead atoms. The van der Waals surface area contributed by atoms with E-state index in [-0.39, 0.29) is 28.8 Å². The van der Waals surface area contributed by atoms with E-state index in [0.717, 1.165) is 44.3 Å². The van der Waals surface area contributed by atoms with Crippen LogP contribution in [-0.2, 0) is 5.41 Å². The Labute approximate surface area is 388 Å². The van der Waals surface area contributed by atoms with Gasteiger partial charge in [0, 0.05) is 63.6 Å². The lowest BCUT2D eigenvalue weighted by atomic mass is 9.25. The molecular weight excluding hydrogens is 787 g/mol. The first-order chi connectivity index (χ1) is 31.4. The first-order valence-corrected chi connectivity index (χ1v) is 25.1. The average Bonchev–Trinajstić information content (AvgIpc) is 3.93. The number of ether oxygens (including phenoxy) is 1. The molecule has 6 unspecified atom stereocenters. The van der Waals surface area contributed by atoms with E-state index in [1.807, 2.05) is 0 Å². The van der Waals surface area contributed by atoms with Gasteiger partial charge in [-0.05, 0) is 131 Å². The van der Waals surface area contributed by atoms with Crippen LogP contribution in [0.4, 0.5) is 11.4 Å². The number of allylic oxidation sites excluding steroid dienone is 16. The summed E-state index contributed by atoms with van der Waals surface area (Å²) in [4.78, 5) is 5.49. The van der Waals surface area contributed by atoms with Gasteiger partial charge in [0.2, 0.25) is 6.71 Å². The molecule has 1 fully saturated rings. The molecule has 3 aliphatic heterocycles. The molecule has 6 atom stereocenters. The number of hydrogen-bond acceptors (Lipinski definition) is 3. The zero-order valence-corrected chi connectivity index (χ0v) is 39.8. The van der Waals surface area contributed by atoms with Crippen molar-refractivity contribution in [2.75, 3.05) is 9.80 Å². The number of fused-ring (bicyclic) bond motifs is 11. The zero-order valence-electron chi connectivity index (χ0n) is 39.8. The Bertz CT molecular complexity index is 2980. The molecule has 0 radical (unpaired) electrons. The summed E-state index contributed by atoms with van der Waals surface area (Å²) in [6, 6.07) is 21.7. The molecule has 0 saturated carbocycles. The van der Waals surface area contributed by atoms with Crippen molar-refractivity contribution in [1.82, 2.24) is 0 Å². The summed E-state index contributed by atoms with van der Waals surface area (Å²) < 4.78 is 7.18. The summed E-state index contributed by atoms with van der Waals surface area (Å²) in [7, 11) is 0. The lowest BCUT2D eigenvalue weighted by Crippen LogP contribution is -2.60. The van der Waals surface area contributed by atoms with Gasteiger partial charge in [0.1, 0.15) is 6.10 Å². The molecule has 3 aromatic rings. The lowest BCUT2D eigenvalue weighted by Gasteiger charge is -2.56. The molecule has 0 spiro atoms. The van der Waals surface area contributed by atoms with Crippen LogP contribution in [0.1, 0.15) is 127 Å². The molecule has 1 saturated heterocycles. The normalized spacial score (nSPS) is 28.4. The molecule has 65 heavy (non-hydrogen) atoms. The molecule has 0 aromatic heterocycles. The largest absolute Gasteiger partial charge is 0.483 e. The van der Waals surface area contributed by atoms with E-state index < -0.39 is 0 Å². The van der Waals surface area contributed by atoms with Crippen molar-refractivity contribution >= 4 is 34.7 Å². The Balaban J connectivity index is 1.08. The molecule has 326 valence electrons. The summed E-state index contributed by atoms with van der Waals surface area (Å²) in [5.41, 5.74) is 26.7. The summed E-state index contributed by atoms with van der Waals surface area (Å²) in [5.74, 6) is 2.62. The minimum Gasteiger partial charge on any atom is -0.483 e. The van der Waals surface area contributed by atoms with Gasteiger partial charge in [-0.1, -0.05) is 156 Å². The third kappa shape index (κ3) is 5.55. The highest BCUT2D eigenvalue weighted by molar-refractivity contribution is 6.83. The van der Waals surface area contributed by atoms with Crippen LogP contribution in [-0.4, -0.2) is 18.9 Å². The molecule has 10 aliphatic rings. The van der Waals surface area contributed by atoms with E-state index in [4.69, 9.17) is 4.74 Å². The van der Waals surface area contributed by atoms with Gasteiger partial charge < -0.3 is 14.5 Å². The van der Waals surface area contributed by atoms with Gasteiger partial charge >= 0.3 is 0 Å². The predicted octanol–water partition coefficient (Wildman–Crippen LogP) is 14.3. The maximum Gasteiger partial charge on any atom is 0.216 e. The predicted molar refractivity (Wildman–Crippen MR) is 273 cm³/mol. The summed E-state index contributed by atoms with van der Waals surface area (Å²) in [5, 5.41) is 0. The van der Waals surface area contributed by atoms with Crippen molar-refractivity contribution in [2.45, 2.75) is 130 Å². The number of anilines is 2. The van der Waals surface area contributed by atoms with Crippen LogP contribution in [0.2, 0.25) is 5.82 Å². The third-order valence-corrected chi connectivity index (χ3v) is 17.4. The van der Waals surface area contributed by atoms with Crippen molar-refractivity contribution in [3.8, 4) is 5.75 Å². The SMILES string of the molecule is Cc1ccccc1N(C1=CCC2B3C4=C(CC(C)CC4N(c4cccc5c4OC4CC=CC=C54)C2=C1)C1C2=C(C4=CCCC=C4C2(C)C)c2cc(C(C)(C)C)cc3c21)C1=CC=CCC1C. The quantitative estimate of drug-likeness (QED) is 0.243. The lowest BCUT2D eigenvalue weighted by molar-refractivity contribution is 0.278. The fraction of sp³-hybridized carbons (Fsp3) is 0.377. The summed E-state index contributed by atoms with van der Waals surface area (Å²) in [6.07, 6.45) is 31.9. The second-order valence-electron chi connectivity index (χ2n) is 22.7. The van der Waals surface area contributed by atoms with Crippen LogP contribution in [0.25, 0.3) is 11.1 Å². The highest BCUT2D eigenvalue weighted by Gasteiger charge is 2.59. The van der Waals surface area contributed by atoms with Gasteiger partial charge in [0.15, 0.2) is 5.75 Å². The van der Waals surface area contributed by atoms with Crippen LogP contribution in [0.3, 0.4) is 0 Å². The summed E-state index contributed by atoms with van der Waals surface area (Å²) in [6.45, 7) is 20.0.